The van der Waals surface area contributed by atoms with E-state index >= 15 is 0 Å². The maximum atomic E-state index is 12.3. The molecule has 1 amide bonds. The van der Waals surface area contributed by atoms with E-state index in [0.29, 0.717) is 40.8 Å². The Kier molecular flexibility index (Phi) is 5.53. The molecule has 12 heteroatoms. The Morgan fingerprint density at radius 3 is 2.79 bits per heavy atom. The number of aromatic amines is 1. The van der Waals surface area contributed by atoms with Crippen LogP contribution in [0.3, 0.4) is 0 Å². The van der Waals surface area contributed by atoms with E-state index in [0.717, 1.165) is 11.3 Å². The second-order valence-electron chi connectivity index (χ2n) is 8.48. The van der Waals surface area contributed by atoms with Gasteiger partial charge in [0, 0.05) is 23.5 Å². The summed E-state index contributed by atoms with van der Waals surface area (Å²) in [7, 11) is -0.582. The average Bonchev–Trinajstić information content (AvgIpc) is 3.50. The van der Waals surface area contributed by atoms with Crippen molar-refractivity contribution in [3.63, 3.8) is 0 Å². The van der Waals surface area contributed by atoms with Crippen molar-refractivity contribution in [3.05, 3.63) is 35.4 Å². The number of aliphatic hydroxyl groups excluding tert-OH is 1. The highest BCUT2D eigenvalue weighted by Gasteiger charge is 2.48. The molecule has 0 radical (unpaired) electrons. The zero-order valence-corrected chi connectivity index (χ0v) is 19.5. The molecule has 0 spiro atoms. The minimum atomic E-state index is -0.647. The first kappa shape index (κ1) is 21.9. The third kappa shape index (κ3) is 3.87. The summed E-state index contributed by atoms with van der Waals surface area (Å²) in [6.07, 6.45) is -1.75. The number of anilines is 1. The fraction of sp³-hybridized carbons (Fsp3) is 0.409. The Morgan fingerprint density at radius 1 is 1.21 bits per heavy atom. The molecule has 3 fully saturated rings. The van der Waals surface area contributed by atoms with Gasteiger partial charge in [-0.25, -0.2) is 4.98 Å². The Balaban J connectivity index is 1.23. The number of hydrogen-bond donors (Lipinski definition) is 3. The van der Waals surface area contributed by atoms with E-state index < -0.39 is 16.8 Å². The van der Waals surface area contributed by atoms with Crippen molar-refractivity contribution in [2.45, 2.75) is 24.4 Å². The number of halogens is 1. The molecule has 6 rings (SSSR count). The topological polar surface area (TPSA) is 134 Å². The maximum absolute atomic E-state index is 12.3. The van der Waals surface area contributed by atoms with Crippen LogP contribution in [0.4, 0.5) is 5.69 Å². The van der Waals surface area contributed by atoms with Crippen molar-refractivity contribution >= 4 is 45.1 Å². The van der Waals surface area contributed by atoms with Crippen LogP contribution < -0.4 is 9.64 Å². The lowest BCUT2D eigenvalue weighted by molar-refractivity contribution is -0.116. The number of rotatable bonds is 4. The molecule has 0 bridgehead atoms. The highest BCUT2D eigenvalue weighted by molar-refractivity contribution is 7.86. The van der Waals surface area contributed by atoms with Gasteiger partial charge in [-0.05, 0) is 18.2 Å². The third-order valence-electron chi connectivity index (χ3n) is 6.26. The molecule has 1 aromatic carbocycles. The SMILES string of the molecule is N=S1CCN(c2ccc(-c3nc4[nH]c(O[C@@H]5CO[C@H]6[C@@H]5OC[C@H]6O)nc4cc3Cl)cc2)C(=O)C1. The molecule has 5 atom stereocenters. The number of amides is 1. The van der Waals surface area contributed by atoms with Gasteiger partial charge in [0.2, 0.25) is 5.91 Å². The van der Waals surface area contributed by atoms with Crippen molar-refractivity contribution in [3.8, 4) is 17.3 Å². The summed E-state index contributed by atoms with van der Waals surface area (Å²) in [5, 5.41) is 10.3. The molecule has 3 N–H and O–H groups in total. The van der Waals surface area contributed by atoms with E-state index in [1.807, 2.05) is 24.3 Å². The number of H-pyrrole nitrogens is 1. The number of nitrogens with zero attached hydrogens (tertiary/aromatic N) is 3. The molecule has 3 aliphatic heterocycles. The number of imidazole rings is 1. The van der Waals surface area contributed by atoms with E-state index in [4.69, 9.17) is 30.6 Å². The van der Waals surface area contributed by atoms with Gasteiger partial charge in [-0.2, -0.15) is 4.98 Å². The van der Waals surface area contributed by atoms with Crippen molar-refractivity contribution in [1.29, 1.82) is 4.78 Å². The molecule has 34 heavy (non-hydrogen) atoms. The lowest BCUT2D eigenvalue weighted by Gasteiger charge is -2.27. The summed E-state index contributed by atoms with van der Waals surface area (Å²) in [5.74, 6) is 0.955. The lowest BCUT2D eigenvalue weighted by atomic mass is 10.1. The number of aromatic nitrogens is 3. The van der Waals surface area contributed by atoms with E-state index in [1.54, 1.807) is 11.0 Å². The predicted molar refractivity (Wildman–Crippen MR) is 126 cm³/mol. The molecule has 178 valence electrons. The number of nitrogens with one attached hydrogen (secondary N) is 2. The summed E-state index contributed by atoms with van der Waals surface area (Å²) in [6.45, 7) is 1.09. The zero-order valence-electron chi connectivity index (χ0n) is 17.9. The molecular formula is C22H22ClN5O5S. The van der Waals surface area contributed by atoms with E-state index in [9.17, 15) is 9.90 Å². The maximum Gasteiger partial charge on any atom is 0.296 e. The highest BCUT2D eigenvalue weighted by atomic mass is 35.5. The molecule has 3 aliphatic rings. The van der Waals surface area contributed by atoms with Gasteiger partial charge < -0.3 is 24.2 Å². The van der Waals surface area contributed by atoms with Gasteiger partial charge in [0.25, 0.3) is 6.01 Å². The van der Waals surface area contributed by atoms with Crippen LogP contribution in [-0.4, -0.2) is 81.6 Å². The van der Waals surface area contributed by atoms with Crippen LogP contribution in [-0.2, 0) is 25.0 Å². The second-order valence-corrected chi connectivity index (χ2v) is 10.6. The molecule has 0 aliphatic carbocycles. The van der Waals surface area contributed by atoms with Crippen molar-refractivity contribution < 1.29 is 24.1 Å². The van der Waals surface area contributed by atoms with E-state index in [1.165, 1.54) is 0 Å². The van der Waals surface area contributed by atoms with Crippen molar-refractivity contribution in [1.82, 2.24) is 15.0 Å². The number of aliphatic hydroxyl groups is 1. The van der Waals surface area contributed by atoms with Crippen LogP contribution in [0, 0.1) is 4.78 Å². The highest BCUT2D eigenvalue weighted by Crippen LogP contribution is 2.33. The van der Waals surface area contributed by atoms with E-state index in [2.05, 4.69) is 15.0 Å². The Bertz CT molecular complexity index is 1280. The third-order valence-corrected chi connectivity index (χ3v) is 7.82. The zero-order chi connectivity index (χ0) is 23.4. The van der Waals surface area contributed by atoms with Crippen LogP contribution in [0.2, 0.25) is 5.02 Å². The van der Waals surface area contributed by atoms with Gasteiger partial charge in [0.1, 0.15) is 23.8 Å². The van der Waals surface area contributed by atoms with Gasteiger partial charge >= 0.3 is 0 Å². The first-order valence-electron chi connectivity index (χ1n) is 10.9. The standard InChI is InChI=1S/C22H22ClN5O5S/c23-13-7-14-21(27-22(25-14)33-16-9-32-19-15(29)8-31-20(16)19)26-18(13)11-1-3-12(4-2-11)28-5-6-34(24)10-17(28)30/h1-4,7,15-16,19-20,24,29H,5-6,8-10H2,(H,25,26,27)/t15-,16-,19-,20-,34?/m1/s1. The molecule has 10 nitrogen and oxygen atoms in total. The van der Waals surface area contributed by atoms with Crippen LogP contribution in [0.25, 0.3) is 22.4 Å². The number of carbonyl (C=O) groups is 1. The van der Waals surface area contributed by atoms with Crippen LogP contribution in [0.5, 0.6) is 6.01 Å². The minimum Gasteiger partial charge on any atom is -0.456 e. The molecule has 2 aromatic heterocycles. The molecule has 5 heterocycles. The van der Waals surface area contributed by atoms with E-state index in [-0.39, 0.29) is 42.6 Å². The van der Waals surface area contributed by atoms with Gasteiger partial charge in [0.15, 0.2) is 11.8 Å². The van der Waals surface area contributed by atoms with Gasteiger partial charge in [-0.1, -0.05) is 34.4 Å². The average molecular weight is 504 g/mol. The van der Waals surface area contributed by atoms with Crippen LogP contribution in [0.15, 0.2) is 30.3 Å². The summed E-state index contributed by atoms with van der Waals surface area (Å²) in [4.78, 5) is 26.2. The van der Waals surface area contributed by atoms with Crippen molar-refractivity contribution in [2.24, 2.45) is 0 Å². The monoisotopic (exact) mass is 503 g/mol. The minimum absolute atomic E-state index is 0.0172. The first-order chi connectivity index (χ1) is 16.5. The number of fused-ring (bicyclic) bond motifs is 2. The quantitative estimate of drug-likeness (QED) is 0.495. The number of carbonyl (C=O) groups excluding carboxylic acids is 1. The first-order valence-corrected chi connectivity index (χ1v) is 12.8. The van der Waals surface area contributed by atoms with Crippen molar-refractivity contribution in [2.75, 3.05) is 36.2 Å². The largest absolute Gasteiger partial charge is 0.456 e. The number of benzene rings is 1. The normalized spacial score (nSPS) is 29.1. The van der Waals surface area contributed by atoms with Gasteiger partial charge in [-0.15, -0.1) is 0 Å². The summed E-state index contributed by atoms with van der Waals surface area (Å²) in [5.41, 5.74) is 3.28. The molecule has 1 unspecified atom stereocenters. The summed E-state index contributed by atoms with van der Waals surface area (Å²) < 4.78 is 25.0. The van der Waals surface area contributed by atoms with Gasteiger partial charge in [-0.3, -0.25) is 14.6 Å². The Morgan fingerprint density at radius 2 is 2.00 bits per heavy atom. The molecule has 3 aromatic rings. The lowest BCUT2D eigenvalue weighted by Crippen LogP contribution is -2.42. The number of hydrogen-bond acceptors (Lipinski definition) is 8. The Hall–Kier alpha value is -2.57. The smallest absolute Gasteiger partial charge is 0.296 e. The fourth-order valence-corrected chi connectivity index (χ4v) is 5.80. The van der Waals surface area contributed by atoms with Gasteiger partial charge in [0.05, 0.1) is 29.7 Å². The van der Waals surface area contributed by atoms with Crippen LogP contribution >= 0.6 is 11.6 Å². The summed E-state index contributed by atoms with van der Waals surface area (Å²) >= 11 is 6.52. The fourth-order valence-electron chi connectivity index (χ4n) is 4.54. The molecular weight excluding hydrogens is 482 g/mol. The summed E-state index contributed by atoms with van der Waals surface area (Å²) in [6, 6.07) is 9.51. The number of ether oxygens (including phenoxy) is 3. The predicted octanol–water partition coefficient (Wildman–Crippen LogP) is 1.91. The number of pyridine rings is 1. The molecule has 0 saturated carbocycles. The second kappa shape index (κ2) is 8.58. The molecule has 3 saturated heterocycles. The Labute approximate surface area is 202 Å². The van der Waals surface area contributed by atoms with Crippen LogP contribution in [0.1, 0.15) is 0 Å².